The molecule has 0 spiro atoms. The number of aromatic nitrogens is 4. The van der Waals surface area contributed by atoms with Gasteiger partial charge in [-0.25, -0.2) is 9.37 Å². The fourth-order valence-electron chi connectivity index (χ4n) is 3.48. The number of nitrogens with one attached hydrogen (secondary N) is 1. The Labute approximate surface area is 161 Å². The summed E-state index contributed by atoms with van der Waals surface area (Å²) in [5.41, 5.74) is 3.14. The van der Waals surface area contributed by atoms with Crippen LogP contribution in [0.2, 0.25) is 0 Å². The maximum Gasteiger partial charge on any atom is 0.244 e. The Morgan fingerprint density at radius 1 is 1.29 bits per heavy atom. The van der Waals surface area contributed by atoms with Crippen LogP contribution in [-0.2, 0) is 17.8 Å². The minimum atomic E-state index is -0.464. The van der Waals surface area contributed by atoms with Gasteiger partial charge in [0.05, 0.1) is 12.4 Å². The van der Waals surface area contributed by atoms with Crippen LogP contribution >= 0.6 is 0 Å². The van der Waals surface area contributed by atoms with E-state index in [-0.39, 0.29) is 18.3 Å². The predicted molar refractivity (Wildman–Crippen MR) is 101 cm³/mol. The van der Waals surface area contributed by atoms with Gasteiger partial charge in [0.15, 0.2) is 0 Å². The van der Waals surface area contributed by atoms with Crippen molar-refractivity contribution in [2.45, 2.75) is 31.9 Å². The third kappa shape index (κ3) is 4.12. The third-order valence-electron chi connectivity index (χ3n) is 4.96. The molecule has 1 unspecified atom stereocenters. The second kappa shape index (κ2) is 7.93. The van der Waals surface area contributed by atoms with Crippen molar-refractivity contribution < 1.29 is 14.3 Å². The highest BCUT2D eigenvalue weighted by Crippen LogP contribution is 2.20. The zero-order chi connectivity index (χ0) is 19.5. The molecule has 1 aliphatic heterocycles. The van der Waals surface area contributed by atoms with Crippen LogP contribution in [0.4, 0.5) is 4.39 Å². The van der Waals surface area contributed by atoms with E-state index in [0.717, 1.165) is 24.1 Å². The molecule has 2 N–H and O–H groups in total. The largest absolute Gasteiger partial charge is 0.391 e. The van der Waals surface area contributed by atoms with Crippen molar-refractivity contribution in [1.82, 2.24) is 24.6 Å². The van der Waals surface area contributed by atoms with Gasteiger partial charge in [0, 0.05) is 31.4 Å². The van der Waals surface area contributed by atoms with Crippen molar-refractivity contribution in [1.29, 1.82) is 0 Å². The van der Waals surface area contributed by atoms with Gasteiger partial charge in [-0.3, -0.25) is 9.48 Å². The third-order valence-corrected chi connectivity index (χ3v) is 4.96. The number of amides is 1. The van der Waals surface area contributed by atoms with Crippen molar-refractivity contribution in [3.8, 4) is 11.4 Å². The molecule has 146 valence electrons. The SMILES string of the molecule is O=C(Cn1nc(-c2c[nH]cn2)cc1Cc1ccc(F)cc1)N1CCCC(O)C1. The summed E-state index contributed by atoms with van der Waals surface area (Å²) in [7, 11) is 0. The van der Waals surface area contributed by atoms with Gasteiger partial charge in [0.25, 0.3) is 0 Å². The number of piperidine rings is 1. The molecule has 2 aromatic heterocycles. The number of β-amino-alcohol motifs (C(OH)–C–C–N with tert-alkyl or cyclic N) is 1. The standard InChI is InChI=1S/C20H22FN5O2/c21-15-5-3-14(4-6-15)8-16-9-18(19-10-22-13-23-19)24-26(16)12-20(28)25-7-1-2-17(27)11-25/h3-6,9-10,13,17,27H,1-2,7-8,11-12H2,(H,22,23). The molecule has 8 heteroatoms. The monoisotopic (exact) mass is 383 g/mol. The molecular formula is C20H22FN5O2. The highest BCUT2D eigenvalue weighted by Gasteiger charge is 2.23. The fraction of sp³-hybridized carbons (Fsp3) is 0.350. The van der Waals surface area contributed by atoms with E-state index in [1.165, 1.54) is 12.1 Å². The van der Waals surface area contributed by atoms with Gasteiger partial charge in [-0.15, -0.1) is 0 Å². The van der Waals surface area contributed by atoms with Crippen molar-refractivity contribution in [3.63, 3.8) is 0 Å². The second-order valence-electron chi connectivity index (χ2n) is 7.07. The molecule has 0 aliphatic carbocycles. The summed E-state index contributed by atoms with van der Waals surface area (Å²) in [6.07, 6.45) is 4.91. The Kier molecular flexibility index (Phi) is 5.21. The van der Waals surface area contributed by atoms with Crippen LogP contribution in [0, 0.1) is 5.82 Å². The number of nitrogens with zero attached hydrogens (tertiary/aromatic N) is 4. The molecule has 1 atom stereocenters. The highest BCUT2D eigenvalue weighted by molar-refractivity contribution is 5.76. The average Bonchev–Trinajstić information content (AvgIpc) is 3.34. The van der Waals surface area contributed by atoms with E-state index in [4.69, 9.17) is 0 Å². The first-order chi connectivity index (χ1) is 13.6. The van der Waals surface area contributed by atoms with Crippen LogP contribution < -0.4 is 0 Å². The first-order valence-corrected chi connectivity index (χ1v) is 9.34. The van der Waals surface area contributed by atoms with Gasteiger partial charge >= 0.3 is 0 Å². The fourth-order valence-corrected chi connectivity index (χ4v) is 3.48. The summed E-state index contributed by atoms with van der Waals surface area (Å²) in [5.74, 6) is -0.357. The smallest absolute Gasteiger partial charge is 0.244 e. The van der Waals surface area contributed by atoms with Crippen LogP contribution in [0.1, 0.15) is 24.1 Å². The topological polar surface area (TPSA) is 87.0 Å². The normalized spacial score (nSPS) is 17.1. The molecule has 7 nitrogen and oxygen atoms in total. The zero-order valence-corrected chi connectivity index (χ0v) is 15.4. The molecule has 1 fully saturated rings. The highest BCUT2D eigenvalue weighted by atomic mass is 19.1. The Morgan fingerprint density at radius 2 is 2.11 bits per heavy atom. The van der Waals surface area contributed by atoms with Gasteiger partial charge in [-0.1, -0.05) is 12.1 Å². The second-order valence-corrected chi connectivity index (χ2v) is 7.07. The molecule has 28 heavy (non-hydrogen) atoms. The number of benzene rings is 1. The van der Waals surface area contributed by atoms with Crippen molar-refractivity contribution in [2.24, 2.45) is 0 Å². The number of hydrogen-bond donors (Lipinski definition) is 2. The van der Waals surface area contributed by atoms with Crippen LogP contribution in [0.5, 0.6) is 0 Å². The summed E-state index contributed by atoms with van der Waals surface area (Å²) < 4.78 is 14.9. The number of halogens is 1. The van der Waals surface area contributed by atoms with Crippen LogP contribution in [-0.4, -0.2) is 54.9 Å². The van der Waals surface area contributed by atoms with E-state index >= 15 is 0 Å². The summed E-state index contributed by atoms with van der Waals surface area (Å²) in [6.45, 7) is 1.10. The molecule has 4 rings (SSSR count). The summed E-state index contributed by atoms with van der Waals surface area (Å²) in [6, 6.07) is 8.20. The molecule has 1 saturated heterocycles. The van der Waals surface area contributed by atoms with E-state index in [1.54, 1.807) is 34.2 Å². The van der Waals surface area contributed by atoms with Gasteiger partial charge in [-0.2, -0.15) is 5.10 Å². The summed E-state index contributed by atoms with van der Waals surface area (Å²) in [4.78, 5) is 21.6. The number of rotatable bonds is 5. The van der Waals surface area contributed by atoms with Crippen molar-refractivity contribution in [3.05, 3.63) is 59.9 Å². The molecule has 1 amide bonds. The predicted octanol–water partition coefficient (Wildman–Crippen LogP) is 1.99. The minimum Gasteiger partial charge on any atom is -0.391 e. The quantitative estimate of drug-likeness (QED) is 0.705. The van der Waals surface area contributed by atoms with Gasteiger partial charge < -0.3 is 15.0 Å². The van der Waals surface area contributed by atoms with Crippen LogP contribution in [0.3, 0.4) is 0 Å². The first kappa shape index (κ1) is 18.4. The number of aliphatic hydroxyl groups excluding tert-OH is 1. The Hall–Kier alpha value is -3.00. The zero-order valence-electron chi connectivity index (χ0n) is 15.4. The number of H-pyrrole nitrogens is 1. The Balaban J connectivity index is 1.58. The maximum atomic E-state index is 13.2. The molecular weight excluding hydrogens is 361 g/mol. The lowest BCUT2D eigenvalue weighted by Gasteiger charge is -2.30. The van der Waals surface area contributed by atoms with E-state index < -0.39 is 6.10 Å². The van der Waals surface area contributed by atoms with E-state index in [2.05, 4.69) is 15.1 Å². The Morgan fingerprint density at radius 3 is 2.82 bits per heavy atom. The average molecular weight is 383 g/mol. The number of carbonyl (C=O) groups is 1. The number of likely N-dealkylation sites (tertiary alicyclic amines) is 1. The number of imidazole rings is 1. The van der Waals surface area contributed by atoms with Crippen molar-refractivity contribution in [2.75, 3.05) is 13.1 Å². The van der Waals surface area contributed by atoms with Crippen LogP contribution in [0.15, 0.2) is 42.9 Å². The molecule has 0 saturated carbocycles. The lowest BCUT2D eigenvalue weighted by Crippen LogP contribution is -2.43. The van der Waals surface area contributed by atoms with Gasteiger partial charge in [-0.05, 0) is 36.6 Å². The number of hydrogen-bond acceptors (Lipinski definition) is 4. The molecule has 0 radical (unpaired) electrons. The number of carbonyl (C=O) groups excluding carboxylic acids is 1. The number of aromatic amines is 1. The van der Waals surface area contributed by atoms with Gasteiger partial charge in [0.2, 0.25) is 5.91 Å². The number of aliphatic hydroxyl groups is 1. The van der Waals surface area contributed by atoms with Crippen LogP contribution in [0.25, 0.3) is 11.4 Å². The van der Waals surface area contributed by atoms with E-state index in [0.29, 0.717) is 30.9 Å². The molecule has 1 aromatic carbocycles. The van der Waals surface area contributed by atoms with E-state index in [1.807, 2.05) is 6.07 Å². The summed E-state index contributed by atoms with van der Waals surface area (Å²) in [5, 5.41) is 14.4. The molecule has 3 heterocycles. The first-order valence-electron chi connectivity index (χ1n) is 9.34. The molecule has 1 aliphatic rings. The maximum absolute atomic E-state index is 13.2. The van der Waals surface area contributed by atoms with E-state index in [9.17, 15) is 14.3 Å². The lowest BCUT2D eigenvalue weighted by molar-refractivity contribution is -0.135. The Bertz CT molecular complexity index is 936. The molecule has 0 bridgehead atoms. The minimum absolute atomic E-state index is 0.0733. The van der Waals surface area contributed by atoms with Crippen molar-refractivity contribution >= 4 is 5.91 Å². The molecule has 3 aromatic rings. The summed E-state index contributed by atoms with van der Waals surface area (Å²) >= 11 is 0. The van der Waals surface area contributed by atoms with Gasteiger partial charge in [0.1, 0.15) is 23.7 Å². The lowest BCUT2D eigenvalue weighted by atomic mass is 10.1.